The molecule has 7 nitrogen and oxygen atoms in total. The SMILES string of the molecule is Cc1ccc(NS(C)(=O)=O)c(C(=O)NCCSCC(=O)O)c1. The van der Waals surface area contributed by atoms with Crippen molar-refractivity contribution in [2.75, 3.05) is 29.0 Å². The molecule has 0 atom stereocenters. The van der Waals surface area contributed by atoms with Crippen LogP contribution in [-0.4, -0.2) is 49.7 Å². The van der Waals surface area contributed by atoms with Gasteiger partial charge in [-0.3, -0.25) is 14.3 Å². The van der Waals surface area contributed by atoms with E-state index in [1.807, 2.05) is 0 Å². The summed E-state index contributed by atoms with van der Waals surface area (Å²) in [5.41, 5.74) is 1.27. The number of carbonyl (C=O) groups excluding carboxylic acids is 1. The number of rotatable bonds is 8. The Bertz CT molecular complexity index is 658. The molecule has 0 fully saturated rings. The van der Waals surface area contributed by atoms with Crippen LogP contribution in [0, 0.1) is 6.92 Å². The molecule has 0 aliphatic heterocycles. The molecule has 0 aromatic heterocycles. The number of carbonyl (C=O) groups is 2. The Hall–Kier alpha value is -1.74. The Labute approximate surface area is 133 Å². The van der Waals surface area contributed by atoms with E-state index in [-0.39, 0.29) is 17.0 Å². The molecule has 1 amide bonds. The van der Waals surface area contributed by atoms with Crippen molar-refractivity contribution in [2.24, 2.45) is 0 Å². The number of carboxylic acid groups (broad SMARTS) is 1. The van der Waals surface area contributed by atoms with E-state index in [1.54, 1.807) is 19.1 Å². The van der Waals surface area contributed by atoms with Crippen LogP contribution in [-0.2, 0) is 14.8 Å². The van der Waals surface area contributed by atoms with Crippen molar-refractivity contribution in [3.05, 3.63) is 29.3 Å². The number of nitrogens with one attached hydrogen (secondary N) is 2. The molecule has 0 heterocycles. The maximum atomic E-state index is 12.1. The predicted octanol–water partition coefficient (Wildman–Crippen LogP) is 0.914. The van der Waals surface area contributed by atoms with Crippen molar-refractivity contribution in [3.63, 3.8) is 0 Å². The molecule has 0 saturated heterocycles. The summed E-state index contributed by atoms with van der Waals surface area (Å²) in [7, 11) is -3.48. The van der Waals surface area contributed by atoms with Crippen LogP contribution < -0.4 is 10.0 Å². The van der Waals surface area contributed by atoms with Crippen molar-refractivity contribution in [1.29, 1.82) is 0 Å². The largest absolute Gasteiger partial charge is 0.481 e. The number of aryl methyl sites for hydroxylation is 1. The summed E-state index contributed by atoms with van der Waals surface area (Å²) in [6, 6.07) is 4.82. The molecule has 0 aliphatic rings. The third-order valence-electron chi connectivity index (χ3n) is 2.47. The minimum absolute atomic E-state index is 0.0266. The van der Waals surface area contributed by atoms with Crippen LogP contribution in [0.15, 0.2) is 18.2 Å². The molecule has 0 unspecified atom stereocenters. The third-order valence-corrected chi connectivity index (χ3v) is 4.01. The molecule has 0 bridgehead atoms. The lowest BCUT2D eigenvalue weighted by atomic mass is 10.1. The van der Waals surface area contributed by atoms with Crippen molar-refractivity contribution >= 4 is 39.3 Å². The monoisotopic (exact) mass is 346 g/mol. The molecule has 0 saturated carbocycles. The number of carboxylic acids is 1. The highest BCUT2D eigenvalue weighted by Gasteiger charge is 2.14. The van der Waals surface area contributed by atoms with Gasteiger partial charge in [-0.15, -0.1) is 11.8 Å². The number of sulfonamides is 1. The average Bonchev–Trinajstić information content (AvgIpc) is 2.38. The van der Waals surface area contributed by atoms with E-state index in [0.29, 0.717) is 12.3 Å². The normalized spacial score (nSPS) is 11.0. The summed E-state index contributed by atoms with van der Waals surface area (Å²) in [5, 5.41) is 11.1. The van der Waals surface area contributed by atoms with Gasteiger partial charge in [0.05, 0.1) is 23.3 Å². The van der Waals surface area contributed by atoms with Crippen molar-refractivity contribution in [2.45, 2.75) is 6.92 Å². The summed E-state index contributed by atoms with van der Waals surface area (Å²) in [6.45, 7) is 2.09. The first-order chi connectivity index (χ1) is 10.2. The Balaban J connectivity index is 2.71. The summed E-state index contributed by atoms with van der Waals surface area (Å²) >= 11 is 1.19. The van der Waals surface area contributed by atoms with Crippen LogP contribution in [0.2, 0.25) is 0 Å². The molecule has 22 heavy (non-hydrogen) atoms. The van der Waals surface area contributed by atoms with Crippen molar-refractivity contribution in [3.8, 4) is 0 Å². The summed E-state index contributed by atoms with van der Waals surface area (Å²) in [4.78, 5) is 22.5. The van der Waals surface area contributed by atoms with E-state index in [1.165, 1.54) is 17.8 Å². The molecule has 1 aromatic carbocycles. The first kappa shape index (κ1) is 18.3. The van der Waals surface area contributed by atoms with Gasteiger partial charge in [-0.25, -0.2) is 8.42 Å². The second-order valence-electron chi connectivity index (χ2n) is 4.63. The molecule has 9 heteroatoms. The summed E-state index contributed by atoms with van der Waals surface area (Å²) in [6.07, 6.45) is 1.01. The molecule has 0 aliphatic carbocycles. The lowest BCUT2D eigenvalue weighted by molar-refractivity contribution is -0.133. The van der Waals surface area contributed by atoms with Crippen LogP contribution in [0.5, 0.6) is 0 Å². The van der Waals surface area contributed by atoms with E-state index in [4.69, 9.17) is 5.11 Å². The van der Waals surface area contributed by atoms with Gasteiger partial charge in [-0.2, -0.15) is 0 Å². The zero-order valence-corrected chi connectivity index (χ0v) is 13.9. The van der Waals surface area contributed by atoms with Gasteiger partial charge in [0.2, 0.25) is 10.0 Å². The highest BCUT2D eigenvalue weighted by atomic mass is 32.2. The van der Waals surface area contributed by atoms with Gasteiger partial charge < -0.3 is 10.4 Å². The van der Waals surface area contributed by atoms with E-state index >= 15 is 0 Å². The zero-order chi connectivity index (χ0) is 16.8. The van der Waals surface area contributed by atoms with Crippen LogP contribution in [0.3, 0.4) is 0 Å². The number of hydrogen-bond donors (Lipinski definition) is 3. The van der Waals surface area contributed by atoms with Crippen LogP contribution in [0.25, 0.3) is 0 Å². The van der Waals surface area contributed by atoms with Crippen molar-refractivity contribution in [1.82, 2.24) is 5.32 Å². The number of hydrogen-bond acceptors (Lipinski definition) is 5. The first-order valence-corrected chi connectivity index (χ1v) is 9.40. The van der Waals surface area contributed by atoms with E-state index in [0.717, 1.165) is 11.8 Å². The topological polar surface area (TPSA) is 113 Å². The fourth-order valence-corrected chi connectivity index (χ4v) is 2.77. The minimum Gasteiger partial charge on any atom is -0.481 e. The Morgan fingerprint density at radius 2 is 2.00 bits per heavy atom. The van der Waals surface area contributed by atoms with Crippen molar-refractivity contribution < 1.29 is 23.1 Å². The number of thioether (sulfide) groups is 1. The third kappa shape index (κ3) is 6.81. The Morgan fingerprint density at radius 1 is 1.32 bits per heavy atom. The zero-order valence-electron chi connectivity index (χ0n) is 12.3. The Kier molecular flexibility index (Phi) is 6.69. The highest BCUT2D eigenvalue weighted by molar-refractivity contribution is 7.99. The van der Waals surface area contributed by atoms with Gasteiger partial charge in [-0.05, 0) is 19.1 Å². The van der Waals surface area contributed by atoms with Crippen LogP contribution in [0.4, 0.5) is 5.69 Å². The molecular weight excluding hydrogens is 328 g/mol. The first-order valence-electron chi connectivity index (χ1n) is 6.35. The summed E-state index contributed by atoms with van der Waals surface area (Å²) < 4.78 is 24.9. The van der Waals surface area contributed by atoms with Gasteiger partial charge in [0.25, 0.3) is 5.91 Å². The second-order valence-corrected chi connectivity index (χ2v) is 7.48. The van der Waals surface area contributed by atoms with Gasteiger partial charge in [-0.1, -0.05) is 11.6 Å². The number of benzene rings is 1. The second kappa shape index (κ2) is 8.04. The lowest BCUT2D eigenvalue weighted by Crippen LogP contribution is -2.27. The molecule has 3 N–H and O–H groups in total. The number of amides is 1. The fourth-order valence-electron chi connectivity index (χ4n) is 1.63. The van der Waals surface area contributed by atoms with Gasteiger partial charge in [0.15, 0.2) is 0 Å². The van der Waals surface area contributed by atoms with Crippen LogP contribution in [0.1, 0.15) is 15.9 Å². The van der Waals surface area contributed by atoms with E-state index < -0.39 is 21.9 Å². The quantitative estimate of drug-likeness (QED) is 0.603. The number of aliphatic carboxylic acids is 1. The lowest BCUT2D eigenvalue weighted by Gasteiger charge is -2.12. The Morgan fingerprint density at radius 3 is 2.59 bits per heavy atom. The molecule has 1 rings (SSSR count). The molecule has 122 valence electrons. The average molecular weight is 346 g/mol. The molecule has 1 aromatic rings. The molecule has 0 spiro atoms. The maximum absolute atomic E-state index is 12.1. The van der Waals surface area contributed by atoms with Gasteiger partial charge in [0, 0.05) is 12.3 Å². The fraction of sp³-hybridized carbons (Fsp3) is 0.385. The predicted molar refractivity (Wildman–Crippen MR) is 86.9 cm³/mol. The maximum Gasteiger partial charge on any atom is 0.313 e. The van der Waals surface area contributed by atoms with E-state index in [2.05, 4.69) is 10.0 Å². The smallest absolute Gasteiger partial charge is 0.313 e. The van der Waals surface area contributed by atoms with Gasteiger partial charge >= 0.3 is 5.97 Å². The highest BCUT2D eigenvalue weighted by Crippen LogP contribution is 2.18. The molecule has 0 radical (unpaired) electrons. The molecular formula is C13H18N2O5S2. The van der Waals surface area contributed by atoms with Gasteiger partial charge in [0.1, 0.15) is 0 Å². The minimum atomic E-state index is -3.48. The van der Waals surface area contributed by atoms with E-state index in [9.17, 15) is 18.0 Å². The standard InChI is InChI=1S/C13H18N2O5S2/c1-9-3-4-11(15-22(2,19)20)10(7-9)13(18)14-5-6-21-8-12(16)17/h3-4,7,15H,5-6,8H2,1-2H3,(H,14,18)(H,16,17). The number of anilines is 1. The summed E-state index contributed by atoms with van der Waals surface area (Å²) in [5.74, 6) is -0.889. The van der Waals surface area contributed by atoms with Crippen LogP contribution >= 0.6 is 11.8 Å².